The van der Waals surface area contributed by atoms with Crippen molar-refractivity contribution < 1.29 is 14.4 Å². The van der Waals surface area contributed by atoms with Gasteiger partial charge < -0.3 is 10.6 Å². The molecule has 1 rings (SSSR count). The first-order chi connectivity index (χ1) is 7.72. The quantitative estimate of drug-likeness (QED) is 0.606. The Morgan fingerprint density at radius 2 is 1.94 bits per heavy atom. The standard InChI is InChI=1S/C10H19N3O3/c1-11-9(14)7-16-13-10(15)12-8-5-3-2-4-6-8/h8H,2-7H2,1H3,(H,11,14)(H2,12,13,15). The summed E-state index contributed by atoms with van der Waals surface area (Å²) in [6, 6.07) is -0.145. The van der Waals surface area contributed by atoms with Crippen molar-refractivity contribution in [3.05, 3.63) is 0 Å². The van der Waals surface area contributed by atoms with E-state index >= 15 is 0 Å². The first-order valence-electron chi connectivity index (χ1n) is 5.61. The maximum absolute atomic E-state index is 11.3. The number of nitrogens with one attached hydrogen (secondary N) is 3. The van der Waals surface area contributed by atoms with E-state index in [0.29, 0.717) is 0 Å². The Hall–Kier alpha value is -1.30. The third kappa shape index (κ3) is 4.97. The molecule has 0 aliphatic heterocycles. The lowest BCUT2D eigenvalue weighted by Gasteiger charge is -2.22. The Bertz CT molecular complexity index is 239. The number of carbonyl (C=O) groups is 2. The Morgan fingerprint density at radius 1 is 1.25 bits per heavy atom. The zero-order valence-electron chi connectivity index (χ0n) is 9.54. The smallest absolute Gasteiger partial charge is 0.338 e. The highest BCUT2D eigenvalue weighted by Crippen LogP contribution is 2.16. The maximum Gasteiger partial charge on any atom is 0.338 e. The minimum absolute atomic E-state index is 0.172. The highest BCUT2D eigenvalue weighted by Gasteiger charge is 2.15. The maximum atomic E-state index is 11.3. The van der Waals surface area contributed by atoms with Gasteiger partial charge >= 0.3 is 6.03 Å². The molecule has 16 heavy (non-hydrogen) atoms. The third-order valence-electron chi connectivity index (χ3n) is 2.59. The topological polar surface area (TPSA) is 79.5 Å². The van der Waals surface area contributed by atoms with Gasteiger partial charge in [0.2, 0.25) is 5.91 Å². The SMILES string of the molecule is CNC(=O)CONC(=O)NC1CCCCC1. The minimum atomic E-state index is -0.379. The number of amides is 3. The van der Waals surface area contributed by atoms with Gasteiger partial charge in [0, 0.05) is 13.1 Å². The van der Waals surface area contributed by atoms with Crippen LogP contribution in [0.2, 0.25) is 0 Å². The van der Waals surface area contributed by atoms with Gasteiger partial charge in [0.1, 0.15) is 0 Å². The molecule has 0 heterocycles. The summed E-state index contributed by atoms with van der Waals surface area (Å²) in [6.45, 7) is -0.172. The van der Waals surface area contributed by atoms with Gasteiger partial charge in [-0.3, -0.25) is 9.63 Å². The average molecular weight is 229 g/mol. The van der Waals surface area contributed by atoms with Crippen LogP contribution in [0.1, 0.15) is 32.1 Å². The molecule has 0 aromatic heterocycles. The van der Waals surface area contributed by atoms with Gasteiger partial charge in [-0.25, -0.2) is 10.3 Å². The largest absolute Gasteiger partial charge is 0.357 e. The van der Waals surface area contributed by atoms with E-state index < -0.39 is 0 Å². The number of rotatable bonds is 4. The molecule has 0 unspecified atom stereocenters. The highest BCUT2D eigenvalue weighted by molar-refractivity contribution is 5.77. The summed E-state index contributed by atoms with van der Waals surface area (Å²) in [5.41, 5.74) is 2.18. The van der Waals surface area contributed by atoms with Crippen LogP contribution in [-0.2, 0) is 9.63 Å². The molecule has 0 saturated heterocycles. The van der Waals surface area contributed by atoms with Crippen molar-refractivity contribution in [1.29, 1.82) is 0 Å². The first-order valence-corrected chi connectivity index (χ1v) is 5.61. The number of likely N-dealkylation sites (N-methyl/N-ethyl adjacent to an activating group) is 1. The van der Waals surface area contributed by atoms with Gasteiger partial charge in [0.15, 0.2) is 6.61 Å². The zero-order chi connectivity index (χ0) is 11.8. The van der Waals surface area contributed by atoms with Crippen molar-refractivity contribution in [2.75, 3.05) is 13.7 Å². The molecular formula is C10H19N3O3. The molecule has 0 aromatic carbocycles. The molecule has 92 valence electrons. The molecule has 3 N–H and O–H groups in total. The average Bonchev–Trinajstić information content (AvgIpc) is 2.30. The molecule has 1 aliphatic rings. The minimum Gasteiger partial charge on any atom is -0.357 e. The fourth-order valence-electron chi connectivity index (χ4n) is 1.70. The van der Waals surface area contributed by atoms with Crippen LogP contribution in [0.5, 0.6) is 0 Å². The highest BCUT2D eigenvalue weighted by atomic mass is 16.7. The normalized spacial score (nSPS) is 16.6. The second-order valence-corrected chi connectivity index (χ2v) is 3.87. The summed E-state index contributed by atoms with van der Waals surface area (Å²) < 4.78 is 0. The lowest BCUT2D eigenvalue weighted by molar-refractivity contribution is -0.126. The zero-order valence-corrected chi connectivity index (χ0v) is 9.54. The van der Waals surface area contributed by atoms with Crippen LogP contribution in [-0.4, -0.2) is 31.6 Å². The predicted octanol–water partition coefficient (Wildman–Crippen LogP) is 0.296. The van der Waals surface area contributed by atoms with Crippen LogP contribution in [0.15, 0.2) is 0 Å². The van der Waals surface area contributed by atoms with Gasteiger partial charge in [0.25, 0.3) is 0 Å². The van der Waals surface area contributed by atoms with Gasteiger partial charge in [-0.05, 0) is 12.8 Å². The Kier molecular flexibility index (Phi) is 5.63. The summed E-state index contributed by atoms with van der Waals surface area (Å²) in [4.78, 5) is 26.8. The molecule has 6 nitrogen and oxygen atoms in total. The number of carbonyl (C=O) groups excluding carboxylic acids is 2. The summed E-state index contributed by atoms with van der Waals surface area (Å²) in [5, 5.41) is 5.19. The van der Waals surface area contributed by atoms with E-state index in [1.807, 2.05) is 0 Å². The summed E-state index contributed by atoms with van der Waals surface area (Å²) in [7, 11) is 1.51. The monoisotopic (exact) mass is 229 g/mol. The van der Waals surface area contributed by atoms with Crippen LogP contribution in [0.25, 0.3) is 0 Å². The van der Waals surface area contributed by atoms with Crippen molar-refractivity contribution in [2.45, 2.75) is 38.1 Å². The molecule has 1 aliphatic carbocycles. The number of hydrogen-bond donors (Lipinski definition) is 3. The molecule has 0 bridgehead atoms. The van der Waals surface area contributed by atoms with Gasteiger partial charge in [-0.15, -0.1) is 0 Å². The van der Waals surface area contributed by atoms with Crippen LogP contribution < -0.4 is 16.1 Å². The van der Waals surface area contributed by atoms with Crippen molar-refractivity contribution in [2.24, 2.45) is 0 Å². The molecule has 0 aromatic rings. The molecule has 0 atom stereocenters. The molecule has 0 radical (unpaired) electrons. The van der Waals surface area contributed by atoms with Crippen LogP contribution >= 0.6 is 0 Å². The van der Waals surface area contributed by atoms with E-state index in [-0.39, 0.29) is 24.6 Å². The lowest BCUT2D eigenvalue weighted by atomic mass is 9.96. The molecule has 1 saturated carbocycles. The fraction of sp³-hybridized carbons (Fsp3) is 0.800. The first kappa shape index (κ1) is 12.8. The fourth-order valence-corrected chi connectivity index (χ4v) is 1.70. The van der Waals surface area contributed by atoms with E-state index in [4.69, 9.17) is 4.84 Å². The third-order valence-corrected chi connectivity index (χ3v) is 2.59. The van der Waals surface area contributed by atoms with E-state index in [1.54, 1.807) is 0 Å². The Labute approximate surface area is 95.1 Å². The molecule has 6 heteroatoms. The van der Waals surface area contributed by atoms with E-state index in [1.165, 1.54) is 13.5 Å². The van der Waals surface area contributed by atoms with E-state index in [0.717, 1.165) is 25.7 Å². The lowest BCUT2D eigenvalue weighted by Crippen LogP contribution is -2.43. The predicted molar refractivity (Wildman–Crippen MR) is 58.6 cm³/mol. The van der Waals surface area contributed by atoms with Gasteiger partial charge in [0.05, 0.1) is 0 Å². The molecule has 1 fully saturated rings. The van der Waals surface area contributed by atoms with Crippen LogP contribution in [0.4, 0.5) is 4.79 Å². The van der Waals surface area contributed by atoms with Crippen LogP contribution in [0.3, 0.4) is 0 Å². The molecule has 0 spiro atoms. The van der Waals surface area contributed by atoms with Crippen molar-refractivity contribution in [3.8, 4) is 0 Å². The number of hydroxylamine groups is 1. The van der Waals surface area contributed by atoms with Crippen molar-refractivity contribution >= 4 is 11.9 Å². The Balaban J connectivity index is 2.08. The molecule has 3 amide bonds. The number of hydrogen-bond acceptors (Lipinski definition) is 3. The second-order valence-electron chi connectivity index (χ2n) is 3.87. The van der Waals surface area contributed by atoms with Crippen molar-refractivity contribution in [3.63, 3.8) is 0 Å². The second kappa shape index (κ2) is 7.05. The Morgan fingerprint density at radius 3 is 2.56 bits per heavy atom. The van der Waals surface area contributed by atoms with Crippen LogP contribution in [0, 0.1) is 0 Å². The van der Waals surface area contributed by atoms with Gasteiger partial charge in [-0.2, -0.15) is 0 Å². The molecular weight excluding hydrogens is 210 g/mol. The van der Waals surface area contributed by atoms with Crippen molar-refractivity contribution in [1.82, 2.24) is 16.1 Å². The summed E-state index contributed by atoms with van der Waals surface area (Å²) >= 11 is 0. The van der Waals surface area contributed by atoms with E-state index in [9.17, 15) is 9.59 Å². The number of urea groups is 1. The van der Waals surface area contributed by atoms with E-state index in [2.05, 4.69) is 16.1 Å². The van der Waals surface area contributed by atoms with Gasteiger partial charge in [-0.1, -0.05) is 19.3 Å². The summed E-state index contributed by atoms with van der Waals surface area (Å²) in [5.74, 6) is -0.280. The summed E-state index contributed by atoms with van der Waals surface area (Å²) in [6.07, 6.45) is 5.59.